The summed E-state index contributed by atoms with van der Waals surface area (Å²) in [6.45, 7) is 1.92. The van der Waals surface area contributed by atoms with Gasteiger partial charge in [-0.3, -0.25) is 0 Å². The number of nitrogens with two attached hydrogens (primary N) is 1. The first-order valence-electron chi connectivity index (χ1n) is 4.04. The molecule has 4 heteroatoms. The molecule has 1 aromatic rings. The Morgan fingerprint density at radius 1 is 1.36 bits per heavy atom. The van der Waals surface area contributed by atoms with Crippen LogP contribution in [0.25, 0.3) is 0 Å². The molecule has 0 heterocycles. The van der Waals surface area contributed by atoms with Crippen LogP contribution >= 0.6 is 23.2 Å². The number of halogens is 2. The minimum atomic E-state index is 0.398. The van der Waals surface area contributed by atoms with Crippen molar-refractivity contribution in [3.05, 3.63) is 22.2 Å². The van der Waals surface area contributed by atoms with Crippen molar-refractivity contribution in [1.82, 2.24) is 0 Å². The highest BCUT2D eigenvalue weighted by atomic mass is 35.5. The topological polar surface area (TPSA) is 35.2 Å². The van der Waals surface area contributed by atoms with Crippen molar-refractivity contribution in [2.45, 2.75) is 13.3 Å². The monoisotopic (exact) mass is 229 g/mol. The van der Waals surface area contributed by atoms with E-state index < -0.39 is 0 Å². The van der Waals surface area contributed by atoms with Gasteiger partial charge in [0, 0.05) is 12.5 Å². The zero-order chi connectivity index (χ0) is 10.6. The van der Waals surface area contributed by atoms with Gasteiger partial charge in [-0.1, -0.05) is 36.0 Å². The Balaban J connectivity index is 2.92. The number of nitrogen functional groups attached to an aromatic ring is 1. The number of rotatable bonds is 1. The normalized spacial score (nSPS) is 9.07. The van der Waals surface area contributed by atoms with E-state index in [-0.39, 0.29) is 0 Å². The zero-order valence-corrected chi connectivity index (χ0v) is 9.12. The second kappa shape index (κ2) is 4.99. The Morgan fingerprint density at radius 2 is 2.07 bits per heavy atom. The summed E-state index contributed by atoms with van der Waals surface area (Å²) in [5, 5.41) is 0.806. The molecular formula is C10H9Cl2NO. The highest BCUT2D eigenvalue weighted by molar-refractivity contribution is 6.37. The van der Waals surface area contributed by atoms with Crippen LogP contribution in [0.15, 0.2) is 12.1 Å². The molecule has 0 bridgehead atoms. The lowest BCUT2D eigenvalue weighted by Crippen LogP contribution is -1.90. The third kappa shape index (κ3) is 2.73. The van der Waals surface area contributed by atoms with Crippen LogP contribution in [0.4, 0.5) is 5.69 Å². The Morgan fingerprint density at radius 3 is 2.71 bits per heavy atom. The maximum absolute atomic E-state index is 5.85. The highest BCUT2D eigenvalue weighted by Gasteiger charge is 2.05. The van der Waals surface area contributed by atoms with E-state index in [1.165, 1.54) is 6.07 Å². The van der Waals surface area contributed by atoms with Crippen LogP contribution in [0.5, 0.6) is 5.75 Å². The lowest BCUT2D eigenvalue weighted by molar-refractivity contribution is 0.519. The average molecular weight is 230 g/mol. The summed E-state index contributed by atoms with van der Waals surface area (Å²) in [6.07, 6.45) is 3.23. The Bertz CT molecular complexity index is 393. The van der Waals surface area contributed by atoms with Gasteiger partial charge in [0.15, 0.2) is 5.75 Å². The Labute approximate surface area is 93.0 Å². The predicted molar refractivity (Wildman–Crippen MR) is 59.6 cm³/mol. The van der Waals surface area contributed by atoms with Gasteiger partial charge in [-0.25, -0.2) is 0 Å². The van der Waals surface area contributed by atoms with Crippen molar-refractivity contribution in [3.63, 3.8) is 0 Å². The summed E-state index contributed by atoms with van der Waals surface area (Å²) < 4.78 is 5.08. The lowest BCUT2D eigenvalue weighted by Gasteiger charge is -2.03. The molecule has 0 spiro atoms. The van der Waals surface area contributed by atoms with E-state index in [9.17, 15) is 0 Å². The van der Waals surface area contributed by atoms with Gasteiger partial charge in [0.05, 0.1) is 15.7 Å². The number of hydrogen-bond acceptors (Lipinski definition) is 2. The largest absolute Gasteiger partial charge is 0.406 e. The molecule has 2 N–H and O–H groups in total. The van der Waals surface area contributed by atoms with Crippen molar-refractivity contribution in [2.75, 3.05) is 5.73 Å². The molecule has 0 atom stereocenters. The van der Waals surface area contributed by atoms with E-state index in [1.54, 1.807) is 6.07 Å². The molecular weight excluding hydrogens is 221 g/mol. The van der Waals surface area contributed by atoms with Gasteiger partial charge in [0.1, 0.15) is 6.11 Å². The lowest BCUT2D eigenvalue weighted by atomic mass is 10.3. The quantitative estimate of drug-likeness (QED) is 0.593. The fourth-order valence-electron chi connectivity index (χ4n) is 0.786. The van der Waals surface area contributed by atoms with Crippen molar-refractivity contribution in [2.24, 2.45) is 0 Å². The van der Waals surface area contributed by atoms with Gasteiger partial charge in [0.25, 0.3) is 0 Å². The molecule has 1 aromatic carbocycles. The fourth-order valence-corrected chi connectivity index (χ4v) is 1.21. The van der Waals surface area contributed by atoms with E-state index in [4.69, 9.17) is 33.7 Å². The maximum atomic E-state index is 5.85. The summed E-state index contributed by atoms with van der Waals surface area (Å²) in [5.74, 6) is 3.18. The van der Waals surface area contributed by atoms with Crippen molar-refractivity contribution in [1.29, 1.82) is 0 Å². The van der Waals surface area contributed by atoms with Gasteiger partial charge < -0.3 is 10.5 Å². The molecule has 2 nitrogen and oxygen atoms in total. The van der Waals surface area contributed by atoms with Gasteiger partial charge in [0.2, 0.25) is 0 Å². The van der Waals surface area contributed by atoms with Gasteiger partial charge in [-0.15, -0.1) is 0 Å². The molecule has 0 aromatic heterocycles. The minimum absolute atomic E-state index is 0.398. The molecule has 0 aliphatic rings. The zero-order valence-electron chi connectivity index (χ0n) is 7.60. The first-order valence-corrected chi connectivity index (χ1v) is 4.80. The molecule has 0 aliphatic carbocycles. The predicted octanol–water partition coefficient (Wildman–Crippen LogP) is 3.33. The first-order chi connectivity index (χ1) is 6.65. The molecule has 74 valence electrons. The fraction of sp³-hybridized carbons (Fsp3) is 0.200. The molecule has 1 rings (SSSR count). The average Bonchev–Trinajstić information content (AvgIpc) is 2.14. The van der Waals surface area contributed by atoms with Gasteiger partial charge in [-0.2, -0.15) is 0 Å². The molecule has 14 heavy (non-hydrogen) atoms. The van der Waals surface area contributed by atoms with Crippen LogP contribution in [-0.4, -0.2) is 0 Å². The Hall–Kier alpha value is -1.04. The summed E-state index contributed by atoms with van der Waals surface area (Å²) in [7, 11) is 0. The number of hydrogen-bond donors (Lipinski definition) is 1. The second-order valence-corrected chi connectivity index (χ2v) is 3.35. The number of anilines is 1. The molecule has 0 amide bonds. The minimum Gasteiger partial charge on any atom is -0.406 e. The second-order valence-electron chi connectivity index (χ2n) is 2.54. The van der Waals surface area contributed by atoms with Crippen molar-refractivity contribution < 1.29 is 4.74 Å². The van der Waals surface area contributed by atoms with Gasteiger partial charge in [-0.05, 0) is 6.07 Å². The molecule has 0 saturated heterocycles. The standard InChI is InChI=1S/C10H9Cl2NO/c1-2-3-4-14-10-6-9(13)7(11)5-8(10)12/h5-6H,2,13H2,1H3. The number of benzene rings is 1. The van der Waals surface area contributed by atoms with Crippen LogP contribution in [0.3, 0.4) is 0 Å². The van der Waals surface area contributed by atoms with E-state index >= 15 is 0 Å². The van der Waals surface area contributed by atoms with E-state index in [2.05, 4.69) is 12.0 Å². The van der Waals surface area contributed by atoms with Crippen LogP contribution in [-0.2, 0) is 0 Å². The van der Waals surface area contributed by atoms with Gasteiger partial charge >= 0.3 is 0 Å². The third-order valence-corrected chi connectivity index (χ3v) is 2.08. The molecule has 0 unspecified atom stereocenters. The Kier molecular flexibility index (Phi) is 3.94. The molecule has 0 radical (unpaired) electrons. The number of ether oxygens (including phenoxy) is 1. The SMILES string of the molecule is CCC#COc1cc(N)c(Cl)cc1Cl. The summed E-state index contributed by atoms with van der Waals surface area (Å²) in [4.78, 5) is 0. The molecule has 0 fully saturated rings. The van der Waals surface area contributed by atoms with E-state index in [0.717, 1.165) is 6.42 Å². The van der Waals surface area contributed by atoms with Crippen LogP contribution in [0.2, 0.25) is 10.0 Å². The van der Waals surface area contributed by atoms with Crippen molar-refractivity contribution in [3.8, 4) is 17.8 Å². The van der Waals surface area contributed by atoms with E-state index in [1.807, 2.05) is 6.92 Å². The van der Waals surface area contributed by atoms with Crippen LogP contribution < -0.4 is 10.5 Å². The molecule has 0 saturated carbocycles. The maximum Gasteiger partial charge on any atom is 0.160 e. The first kappa shape index (κ1) is 11.0. The van der Waals surface area contributed by atoms with Crippen LogP contribution in [0, 0.1) is 12.0 Å². The molecule has 0 aliphatic heterocycles. The van der Waals surface area contributed by atoms with Crippen molar-refractivity contribution >= 4 is 28.9 Å². The smallest absolute Gasteiger partial charge is 0.160 e. The highest BCUT2D eigenvalue weighted by Crippen LogP contribution is 2.32. The summed E-state index contributed by atoms with van der Waals surface area (Å²) >= 11 is 11.6. The third-order valence-electron chi connectivity index (χ3n) is 1.46. The van der Waals surface area contributed by atoms with E-state index in [0.29, 0.717) is 21.5 Å². The van der Waals surface area contributed by atoms with Crippen LogP contribution in [0.1, 0.15) is 13.3 Å². The summed E-state index contributed by atoms with van der Waals surface area (Å²) in [5.41, 5.74) is 6.00. The summed E-state index contributed by atoms with van der Waals surface area (Å²) in [6, 6.07) is 3.08.